The molecule has 0 radical (unpaired) electrons. The van der Waals surface area contributed by atoms with Gasteiger partial charge in [-0.25, -0.2) is 4.68 Å². The molecule has 6 nitrogen and oxygen atoms in total. The SMILES string of the molecule is Nc1c([N+](=O)[O-])cnn1Cc1ccc(Cl)cc1Cl. The van der Waals surface area contributed by atoms with Crippen molar-refractivity contribution in [1.82, 2.24) is 9.78 Å². The van der Waals surface area contributed by atoms with Gasteiger partial charge in [0.05, 0.1) is 11.5 Å². The Hall–Kier alpha value is -1.79. The van der Waals surface area contributed by atoms with Crippen molar-refractivity contribution < 1.29 is 4.92 Å². The van der Waals surface area contributed by atoms with Gasteiger partial charge in [-0.3, -0.25) is 10.1 Å². The Morgan fingerprint density at radius 1 is 1.44 bits per heavy atom. The predicted octanol–water partition coefficient (Wildman–Crippen LogP) is 2.73. The van der Waals surface area contributed by atoms with E-state index in [0.717, 1.165) is 11.8 Å². The van der Waals surface area contributed by atoms with Crippen LogP contribution in [0.3, 0.4) is 0 Å². The monoisotopic (exact) mass is 286 g/mol. The van der Waals surface area contributed by atoms with Gasteiger partial charge in [-0.05, 0) is 17.7 Å². The highest BCUT2D eigenvalue weighted by molar-refractivity contribution is 6.35. The molecule has 0 saturated heterocycles. The molecule has 2 aromatic rings. The number of hydrogen-bond acceptors (Lipinski definition) is 4. The summed E-state index contributed by atoms with van der Waals surface area (Å²) in [5.41, 5.74) is 6.13. The summed E-state index contributed by atoms with van der Waals surface area (Å²) in [6.07, 6.45) is 1.11. The van der Waals surface area contributed by atoms with E-state index in [0.29, 0.717) is 10.0 Å². The standard InChI is InChI=1S/C10H8Cl2N4O2/c11-7-2-1-6(8(12)3-7)5-15-10(13)9(4-14-15)16(17)18/h1-4H,5,13H2. The van der Waals surface area contributed by atoms with Crippen molar-refractivity contribution in [2.75, 3.05) is 5.73 Å². The van der Waals surface area contributed by atoms with Crippen molar-refractivity contribution in [1.29, 1.82) is 0 Å². The molecule has 0 unspecified atom stereocenters. The molecular weight excluding hydrogens is 279 g/mol. The van der Waals surface area contributed by atoms with E-state index in [1.54, 1.807) is 18.2 Å². The zero-order chi connectivity index (χ0) is 13.3. The number of nitro groups is 1. The van der Waals surface area contributed by atoms with E-state index in [2.05, 4.69) is 5.10 Å². The highest BCUT2D eigenvalue weighted by atomic mass is 35.5. The van der Waals surface area contributed by atoms with Crippen LogP contribution in [0.25, 0.3) is 0 Å². The fourth-order valence-electron chi connectivity index (χ4n) is 1.46. The van der Waals surface area contributed by atoms with Crippen LogP contribution in [0.15, 0.2) is 24.4 Å². The number of nitrogens with zero attached hydrogens (tertiary/aromatic N) is 3. The minimum Gasteiger partial charge on any atom is -0.378 e. The fourth-order valence-corrected chi connectivity index (χ4v) is 1.93. The van der Waals surface area contributed by atoms with Gasteiger partial charge in [0.25, 0.3) is 0 Å². The predicted molar refractivity (Wildman–Crippen MR) is 68.9 cm³/mol. The molecule has 0 fully saturated rings. The van der Waals surface area contributed by atoms with E-state index < -0.39 is 4.92 Å². The summed E-state index contributed by atoms with van der Waals surface area (Å²) in [6.45, 7) is 0.246. The van der Waals surface area contributed by atoms with Gasteiger partial charge in [-0.2, -0.15) is 5.10 Å². The van der Waals surface area contributed by atoms with E-state index in [-0.39, 0.29) is 18.1 Å². The molecule has 0 bridgehead atoms. The summed E-state index contributed by atoms with van der Waals surface area (Å²) in [4.78, 5) is 10.0. The van der Waals surface area contributed by atoms with Crippen molar-refractivity contribution in [3.05, 3.63) is 50.1 Å². The zero-order valence-electron chi connectivity index (χ0n) is 9.01. The van der Waals surface area contributed by atoms with Crippen LogP contribution in [0.5, 0.6) is 0 Å². The van der Waals surface area contributed by atoms with Gasteiger partial charge in [0.15, 0.2) is 0 Å². The molecule has 2 N–H and O–H groups in total. The minimum absolute atomic E-state index is 0.00832. The lowest BCUT2D eigenvalue weighted by Crippen LogP contribution is -2.07. The van der Waals surface area contributed by atoms with Crippen LogP contribution in [-0.4, -0.2) is 14.7 Å². The molecule has 18 heavy (non-hydrogen) atoms. The van der Waals surface area contributed by atoms with Crippen LogP contribution in [0.4, 0.5) is 11.5 Å². The molecule has 94 valence electrons. The number of anilines is 1. The number of aromatic nitrogens is 2. The summed E-state index contributed by atoms with van der Waals surface area (Å²) in [5, 5.41) is 15.5. The van der Waals surface area contributed by atoms with E-state index in [1.807, 2.05) is 0 Å². The summed E-state index contributed by atoms with van der Waals surface area (Å²) >= 11 is 11.8. The van der Waals surface area contributed by atoms with Crippen LogP contribution in [0.2, 0.25) is 10.0 Å². The second kappa shape index (κ2) is 4.83. The average molecular weight is 287 g/mol. The van der Waals surface area contributed by atoms with Gasteiger partial charge in [0.1, 0.15) is 6.20 Å². The maximum absolute atomic E-state index is 10.6. The van der Waals surface area contributed by atoms with Crippen molar-refractivity contribution in [2.24, 2.45) is 0 Å². The highest BCUT2D eigenvalue weighted by Gasteiger charge is 2.18. The molecule has 0 aliphatic rings. The van der Waals surface area contributed by atoms with Gasteiger partial charge < -0.3 is 5.73 Å². The lowest BCUT2D eigenvalue weighted by molar-refractivity contribution is -0.384. The summed E-state index contributed by atoms with van der Waals surface area (Å²) in [6, 6.07) is 4.99. The third kappa shape index (κ3) is 2.39. The van der Waals surface area contributed by atoms with Gasteiger partial charge in [0.2, 0.25) is 5.82 Å². The lowest BCUT2D eigenvalue weighted by atomic mass is 10.2. The van der Waals surface area contributed by atoms with Crippen molar-refractivity contribution in [2.45, 2.75) is 6.54 Å². The van der Waals surface area contributed by atoms with Crippen LogP contribution < -0.4 is 5.73 Å². The van der Waals surface area contributed by atoms with Crippen LogP contribution in [-0.2, 0) is 6.54 Å². The summed E-state index contributed by atoms with van der Waals surface area (Å²) in [7, 11) is 0. The number of rotatable bonds is 3. The molecule has 0 saturated carbocycles. The smallest absolute Gasteiger partial charge is 0.330 e. The Morgan fingerprint density at radius 2 is 2.17 bits per heavy atom. The molecule has 1 aromatic heterocycles. The molecule has 1 aromatic carbocycles. The van der Waals surface area contributed by atoms with Gasteiger partial charge in [-0.15, -0.1) is 0 Å². The molecule has 8 heteroatoms. The second-order valence-electron chi connectivity index (χ2n) is 3.57. The maximum atomic E-state index is 10.6. The molecule has 0 aliphatic carbocycles. The average Bonchev–Trinajstić information content (AvgIpc) is 2.64. The van der Waals surface area contributed by atoms with E-state index in [1.165, 1.54) is 4.68 Å². The van der Waals surface area contributed by atoms with Crippen molar-refractivity contribution >= 4 is 34.7 Å². The number of nitrogens with two attached hydrogens (primary N) is 1. The number of hydrogen-bond donors (Lipinski definition) is 1. The van der Waals surface area contributed by atoms with Gasteiger partial charge in [0, 0.05) is 10.0 Å². The zero-order valence-corrected chi connectivity index (χ0v) is 10.5. The topological polar surface area (TPSA) is 87.0 Å². The molecule has 0 aliphatic heterocycles. The summed E-state index contributed by atoms with van der Waals surface area (Å²) in [5.74, 6) is -0.00832. The Morgan fingerprint density at radius 3 is 2.72 bits per heavy atom. The second-order valence-corrected chi connectivity index (χ2v) is 4.41. The van der Waals surface area contributed by atoms with E-state index in [9.17, 15) is 10.1 Å². The van der Waals surface area contributed by atoms with E-state index >= 15 is 0 Å². The highest BCUT2D eigenvalue weighted by Crippen LogP contribution is 2.25. The quantitative estimate of drug-likeness (QED) is 0.694. The molecular formula is C10H8Cl2N4O2. The molecule has 2 rings (SSSR count). The number of nitrogen functional groups attached to an aromatic ring is 1. The Bertz CT molecular complexity index is 612. The van der Waals surface area contributed by atoms with Crippen LogP contribution >= 0.6 is 23.2 Å². The lowest BCUT2D eigenvalue weighted by Gasteiger charge is -2.06. The molecule has 0 atom stereocenters. The third-order valence-electron chi connectivity index (χ3n) is 2.39. The first-order chi connectivity index (χ1) is 8.49. The fraction of sp³-hybridized carbons (Fsp3) is 0.100. The Balaban J connectivity index is 2.32. The van der Waals surface area contributed by atoms with Crippen LogP contribution in [0, 0.1) is 10.1 Å². The first-order valence-electron chi connectivity index (χ1n) is 4.88. The number of benzene rings is 1. The third-order valence-corrected chi connectivity index (χ3v) is 2.98. The molecule has 0 spiro atoms. The van der Waals surface area contributed by atoms with Gasteiger partial charge in [-0.1, -0.05) is 29.3 Å². The van der Waals surface area contributed by atoms with Crippen LogP contribution in [0.1, 0.15) is 5.56 Å². The van der Waals surface area contributed by atoms with Gasteiger partial charge >= 0.3 is 5.69 Å². The minimum atomic E-state index is -0.581. The maximum Gasteiger partial charge on any atom is 0.330 e. The first kappa shape index (κ1) is 12.7. The Labute approximate surface area is 112 Å². The first-order valence-corrected chi connectivity index (χ1v) is 5.64. The molecule has 1 heterocycles. The normalized spacial score (nSPS) is 10.6. The Kier molecular flexibility index (Phi) is 3.40. The van der Waals surface area contributed by atoms with Crippen molar-refractivity contribution in [3.63, 3.8) is 0 Å². The molecule has 0 amide bonds. The number of halogens is 2. The van der Waals surface area contributed by atoms with E-state index in [4.69, 9.17) is 28.9 Å². The largest absolute Gasteiger partial charge is 0.378 e. The summed E-state index contributed by atoms with van der Waals surface area (Å²) < 4.78 is 1.31. The van der Waals surface area contributed by atoms with Crippen molar-refractivity contribution in [3.8, 4) is 0 Å².